The van der Waals surface area contributed by atoms with E-state index in [1.54, 1.807) is 6.20 Å². The van der Waals surface area contributed by atoms with Crippen molar-refractivity contribution in [2.75, 3.05) is 33.0 Å². The molecule has 1 N–H and O–H groups in total. The molecule has 5 atom stereocenters. The molecule has 6 aromatic rings. The van der Waals surface area contributed by atoms with Crippen LogP contribution in [0, 0.1) is 38.4 Å². The van der Waals surface area contributed by atoms with E-state index in [2.05, 4.69) is 176 Å². The Morgan fingerprint density at radius 2 is 0.897 bits per heavy atom. The highest BCUT2D eigenvalue weighted by Gasteiger charge is 2.51. The summed E-state index contributed by atoms with van der Waals surface area (Å²) in [5.74, 6) is -1.21. The highest BCUT2D eigenvalue weighted by atomic mass is 16.8. The van der Waals surface area contributed by atoms with Gasteiger partial charge in [-0.15, -0.1) is 10.2 Å². The Hall–Kier alpha value is -6.71. The first-order chi connectivity index (χ1) is 45.1. The van der Waals surface area contributed by atoms with Crippen LogP contribution < -0.4 is 0 Å². The molecule has 0 aliphatic carbocycles. The van der Waals surface area contributed by atoms with Crippen molar-refractivity contribution in [1.29, 1.82) is 0 Å². The second-order valence-corrected chi connectivity index (χ2v) is 32.9. The van der Waals surface area contributed by atoms with Gasteiger partial charge in [0.15, 0.2) is 11.6 Å². The van der Waals surface area contributed by atoms with Crippen LogP contribution in [0.5, 0.6) is 0 Å². The van der Waals surface area contributed by atoms with Gasteiger partial charge in [-0.05, 0) is 168 Å². The highest BCUT2D eigenvalue weighted by Crippen LogP contribution is 2.53. The molecule has 0 bridgehead atoms. The third kappa shape index (κ3) is 19.0. The van der Waals surface area contributed by atoms with E-state index < -0.39 is 49.7 Å². The maximum atomic E-state index is 13.9. The lowest BCUT2D eigenvalue weighted by Gasteiger charge is -2.45. The second kappa shape index (κ2) is 30.8. The van der Waals surface area contributed by atoms with Crippen LogP contribution in [-0.4, -0.2) is 125 Å². The van der Waals surface area contributed by atoms with Crippen LogP contribution in [0.15, 0.2) is 110 Å². The van der Waals surface area contributed by atoms with E-state index in [4.69, 9.17) is 53.8 Å². The summed E-state index contributed by atoms with van der Waals surface area (Å²) in [7, 11) is 0. The number of esters is 3. The Morgan fingerprint density at radius 1 is 0.536 bits per heavy atom. The molecule has 20 heteroatoms. The maximum Gasteiger partial charge on any atom is 0.312 e. The summed E-state index contributed by atoms with van der Waals surface area (Å²) >= 11 is 0. The molecule has 3 aromatic heterocycles. The molecule has 3 aromatic carbocycles. The number of benzene rings is 3. The van der Waals surface area contributed by atoms with Gasteiger partial charge in [0.1, 0.15) is 25.4 Å². The fourth-order valence-electron chi connectivity index (χ4n) is 13.0. The molecular formula is C77H116N10O10. The van der Waals surface area contributed by atoms with Crippen LogP contribution in [0.3, 0.4) is 0 Å². The standard InChI is InChI=1S/C53H78N10O6.C24H38O4/c1-16-66-45(64)49(6,7)47(2,3)27-43(37-23-19-17-20-24-37)51(10,11)62-33-40(56-59-62)31-61(30-39-29-54-58-55-39)32-41-34-63(60-57-41)52(12,13)44(38-25-21-18-22-26-38)28-48(4,5)50(8,9)46(65)67-35-42-36-68-53(14,15)69-42;1-17(2)20(18-12-10-9-11-13-18)14-22(3,4)23(5,6)21(25)26-15-19-16-27-24(7,8)28-19/h17-26,29,33-34,42-44H,16,27-28,30-32,35-36H2,1-15H3,(H,54,55,58);9-13,17,19-20H,14-16H2,1-8H3. The number of hydrogen-bond donors (Lipinski definition) is 1. The van der Waals surface area contributed by atoms with Crippen molar-refractivity contribution in [3.8, 4) is 0 Å². The quantitative estimate of drug-likeness (QED) is 0.0316. The number of ether oxygens (including phenoxy) is 7. The van der Waals surface area contributed by atoms with Gasteiger partial charge >= 0.3 is 17.9 Å². The van der Waals surface area contributed by atoms with E-state index in [9.17, 15) is 14.4 Å². The minimum atomic E-state index is -0.850. The van der Waals surface area contributed by atoms with Gasteiger partial charge in [0.25, 0.3) is 0 Å². The second-order valence-electron chi connectivity index (χ2n) is 32.9. The Morgan fingerprint density at radius 3 is 1.24 bits per heavy atom. The summed E-state index contributed by atoms with van der Waals surface area (Å²) in [6.45, 7) is 50.2. The predicted octanol–water partition coefficient (Wildman–Crippen LogP) is 14.9. The van der Waals surface area contributed by atoms with Crippen LogP contribution in [0.25, 0.3) is 0 Å². The molecule has 8 rings (SSSR count). The van der Waals surface area contributed by atoms with Gasteiger partial charge in [-0.3, -0.25) is 19.3 Å². The summed E-state index contributed by atoms with van der Waals surface area (Å²) in [5, 5.41) is 30.3. The van der Waals surface area contributed by atoms with Gasteiger partial charge in [0, 0.05) is 31.5 Å². The monoisotopic (exact) mass is 1340 g/mol. The molecule has 2 aliphatic rings. The SMILES string of the molecule is CC(C)C(CC(C)(C)C(C)(C)C(=O)OCC1COC(C)(C)O1)c1ccccc1.CCOC(=O)C(C)(C)C(C)(C)CC(c1ccccc1)C(C)(C)n1cc(CN(Cc2cn(C(C)(C)C(CC(C)(C)C(C)(C)C(=O)OCC3COC(C)(C)O3)c3ccccc3)nn2)Cc2cn[nH]n2)nn1. The van der Waals surface area contributed by atoms with Crippen molar-refractivity contribution in [3.05, 3.63) is 143 Å². The average Bonchev–Trinajstić information content (AvgIpc) is 1.06. The van der Waals surface area contributed by atoms with Gasteiger partial charge in [-0.2, -0.15) is 15.4 Å². The van der Waals surface area contributed by atoms with Crippen LogP contribution in [-0.2, 0) is 78.3 Å². The lowest BCUT2D eigenvalue weighted by Crippen LogP contribution is -2.45. The predicted molar refractivity (Wildman–Crippen MR) is 375 cm³/mol. The maximum absolute atomic E-state index is 13.9. The largest absolute Gasteiger partial charge is 0.466 e. The van der Waals surface area contributed by atoms with Crippen molar-refractivity contribution in [2.24, 2.45) is 38.4 Å². The van der Waals surface area contributed by atoms with Crippen LogP contribution >= 0.6 is 0 Å². The van der Waals surface area contributed by atoms with Gasteiger partial charge in [0.2, 0.25) is 0 Å². The van der Waals surface area contributed by atoms with E-state index in [-0.39, 0.29) is 60.6 Å². The average molecular weight is 1340 g/mol. The summed E-state index contributed by atoms with van der Waals surface area (Å²) in [6.07, 6.45) is 7.49. The van der Waals surface area contributed by atoms with E-state index >= 15 is 0 Å². The fraction of sp³-hybridized carbons (Fsp3) is 0.649. The Balaban J connectivity index is 0.000000394. The summed E-state index contributed by atoms with van der Waals surface area (Å²) in [5.41, 5.74) is 1.39. The molecule has 2 saturated heterocycles. The van der Waals surface area contributed by atoms with Crippen molar-refractivity contribution in [3.63, 3.8) is 0 Å². The summed E-state index contributed by atoms with van der Waals surface area (Å²) in [6, 6.07) is 31.4. The first kappa shape index (κ1) is 77.6. The zero-order valence-corrected chi connectivity index (χ0v) is 62.7. The number of nitrogens with one attached hydrogen (secondary N) is 1. The number of rotatable bonds is 31. The fourth-order valence-corrected chi connectivity index (χ4v) is 13.0. The zero-order valence-electron chi connectivity index (χ0n) is 62.7. The number of H-pyrrole nitrogens is 1. The molecule has 5 heterocycles. The number of aromatic nitrogens is 9. The topological polar surface area (TPSA) is 222 Å². The molecule has 0 amide bonds. The van der Waals surface area contributed by atoms with Gasteiger partial charge in [-0.1, -0.05) is 157 Å². The molecule has 0 spiro atoms. The molecule has 97 heavy (non-hydrogen) atoms. The highest BCUT2D eigenvalue weighted by molar-refractivity contribution is 5.78. The van der Waals surface area contributed by atoms with E-state index in [1.165, 1.54) is 5.56 Å². The number of hydrogen-bond acceptors (Lipinski definition) is 17. The summed E-state index contributed by atoms with van der Waals surface area (Å²) < 4.78 is 44.0. The Bertz CT molecular complexity index is 3460. The number of carbonyl (C=O) groups is 3. The smallest absolute Gasteiger partial charge is 0.312 e. The van der Waals surface area contributed by atoms with Gasteiger partial charge < -0.3 is 33.2 Å². The number of nitrogens with zero attached hydrogens (tertiary/aromatic N) is 9. The first-order valence-corrected chi connectivity index (χ1v) is 34.8. The number of aromatic amines is 1. The molecule has 2 fully saturated rings. The molecule has 0 saturated carbocycles. The Labute approximate surface area is 578 Å². The van der Waals surface area contributed by atoms with Crippen molar-refractivity contribution in [2.45, 2.75) is 251 Å². The van der Waals surface area contributed by atoms with Gasteiger partial charge in [0.05, 0.1) is 82.8 Å². The molecule has 2 aliphatic heterocycles. The minimum absolute atomic E-state index is 0.0354. The van der Waals surface area contributed by atoms with Crippen molar-refractivity contribution >= 4 is 17.9 Å². The molecular weight excluding hydrogens is 1220 g/mol. The lowest BCUT2D eigenvalue weighted by atomic mass is 9.61. The lowest BCUT2D eigenvalue weighted by molar-refractivity contribution is -0.171. The summed E-state index contributed by atoms with van der Waals surface area (Å²) in [4.78, 5) is 42.4. The van der Waals surface area contributed by atoms with Crippen LogP contribution in [0.1, 0.15) is 230 Å². The van der Waals surface area contributed by atoms with E-state index in [1.807, 2.05) is 116 Å². The van der Waals surface area contributed by atoms with E-state index in [0.29, 0.717) is 64.1 Å². The van der Waals surface area contributed by atoms with E-state index in [0.717, 1.165) is 34.6 Å². The van der Waals surface area contributed by atoms with Crippen molar-refractivity contribution < 1.29 is 47.5 Å². The van der Waals surface area contributed by atoms with Gasteiger partial charge in [-0.25, -0.2) is 9.36 Å². The third-order valence-corrected chi connectivity index (χ3v) is 22.0. The molecule has 0 radical (unpaired) electrons. The molecule has 20 nitrogen and oxygen atoms in total. The zero-order chi connectivity index (χ0) is 71.8. The minimum Gasteiger partial charge on any atom is -0.466 e. The molecule has 5 unspecified atom stereocenters. The normalized spacial score (nSPS) is 18.1. The third-order valence-electron chi connectivity index (χ3n) is 22.0. The molecule has 534 valence electrons. The van der Waals surface area contributed by atoms with Crippen LogP contribution in [0.2, 0.25) is 0 Å². The Kier molecular flexibility index (Phi) is 24.7. The van der Waals surface area contributed by atoms with Crippen LogP contribution in [0.4, 0.5) is 0 Å². The van der Waals surface area contributed by atoms with Crippen molar-refractivity contribution in [1.82, 2.24) is 50.3 Å². The first-order valence-electron chi connectivity index (χ1n) is 34.8. The number of carbonyl (C=O) groups excluding carboxylic acids is 3.